The van der Waals surface area contributed by atoms with Crippen molar-refractivity contribution < 1.29 is 14.3 Å². The fourth-order valence-corrected chi connectivity index (χ4v) is 2.70. The number of carbonyl (C=O) groups excluding carboxylic acids is 1. The van der Waals surface area contributed by atoms with Gasteiger partial charge >= 0.3 is 0 Å². The van der Waals surface area contributed by atoms with Crippen LogP contribution in [0.3, 0.4) is 0 Å². The van der Waals surface area contributed by atoms with Gasteiger partial charge in [-0.2, -0.15) is 0 Å². The van der Waals surface area contributed by atoms with Gasteiger partial charge in [0, 0.05) is 18.0 Å². The molecule has 1 aliphatic heterocycles. The van der Waals surface area contributed by atoms with Crippen LogP contribution >= 0.6 is 0 Å². The molecule has 0 saturated carbocycles. The molecule has 8 heteroatoms. The minimum Gasteiger partial charge on any atom is -0.488 e. The van der Waals surface area contributed by atoms with Gasteiger partial charge in [-0.25, -0.2) is 4.98 Å². The summed E-state index contributed by atoms with van der Waals surface area (Å²) < 4.78 is 11.1. The minimum atomic E-state index is -1.05. The molecule has 26 heavy (non-hydrogen) atoms. The van der Waals surface area contributed by atoms with Crippen molar-refractivity contribution in [1.82, 2.24) is 9.97 Å². The van der Waals surface area contributed by atoms with Crippen LogP contribution < -0.4 is 25.5 Å². The number of hydrogen-bond donors (Lipinski definition) is 2. The number of nitrogen functional groups attached to an aromatic ring is 1. The average molecular weight is 358 g/mol. The van der Waals surface area contributed by atoms with Gasteiger partial charge in [-0.05, 0) is 32.4 Å². The van der Waals surface area contributed by atoms with E-state index in [1.54, 1.807) is 26.0 Å². The fourth-order valence-electron chi connectivity index (χ4n) is 2.70. The van der Waals surface area contributed by atoms with Gasteiger partial charge in [0.2, 0.25) is 5.43 Å². The summed E-state index contributed by atoms with van der Waals surface area (Å²) in [6.45, 7) is 5.94. The molecule has 2 aromatic heterocycles. The fraction of sp³-hybridized carbons (Fsp3) is 0.389. The zero-order valence-electron chi connectivity index (χ0n) is 15.0. The van der Waals surface area contributed by atoms with E-state index < -0.39 is 5.60 Å². The number of nitrogens with one attached hydrogen (secondary N) is 1. The van der Waals surface area contributed by atoms with Crippen LogP contribution in [0.4, 0.5) is 11.6 Å². The molecule has 138 valence electrons. The van der Waals surface area contributed by atoms with Gasteiger partial charge in [-0.3, -0.25) is 14.5 Å². The molecule has 0 aliphatic carbocycles. The van der Waals surface area contributed by atoms with E-state index in [2.05, 4.69) is 9.97 Å². The summed E-state index contributed by atoms with van der Waals surface area (Å²) >= 11 is 0. The molecule has 0 spiro atoms. The number of aromatic nitrogens is 2. The SMILES string of the molecule is CCCOc1c[nH]c(CN2C(=O)C(C)(C)Oc3ccc(N)nc32)cc1=O. The predicted molar refractivity (Wildman–Crippen MR) is 97.4 cm³/mol. The van der Waals surface area contributed by atoms with E-state index in [0.29, 0.717) is 23.9 Å². The molecular formula is C18H22N4O4. The van der Waals surface area contributed by atoms with Crippen molar-refractivity contribution in [2.24, 2.45) is 0 Å². The van der Waals surface area contributed by atoms with Crippen LogP contribution in [0.25, 0.3) is 0 Å². The molecule has 0 aromatic carbocycles. The van der Waals surface area contributed by atoms with E-state index in [4.69, 9.17) is 15.2 Å². The molecule has 0 bridgehead atoms. The first-order valence-electron chi connectivity index (χ1n) is 8.43. The second-order valence-corrected chi connectivity index (χ2v) is 6.60. The summed E-state index contributed by atoms with van der Waals surface area (Å²) in [7, 11) is 0. The normalized spacial score (nSPS) is 15.3. The molecule has 3 heterocycles. The summed E-state index contributed by atoms with van der Waals surface area (Å²) in [5.74, 6) is 1.07. The summed E-state index contributed by atoms with van der Waals surface area (Å²) in [6.07, 6.45) is 2.32. The van der Waals surface area contributed by atoms with Crippen molar-refractivity contribution in [3.63, 3.8) is 0 Å². The standard InChI is InChI=1S/C18H22N4O4/c1-4-7-25-14-9-20-11(8-12(14)23)10-22-16-13(5-6-15(19)21-16)26-18(2,3)17(22)24/h5-6,8-9H,4,7,10H2,1-3H3,(H2,19,21)(H,20,23). The summed E-state index contributed by atoms with van der Waals surface area (Å²) in [4.78, 5) is 33.7. The van der Waals surface area contributed by atoms with E-state index in [1.807, 2.05) is 6.92 Å². The summed E-state index contributed by atoms with van der Waals surface area (Å²) in [6, 6.07) is 4.72. The van der Waals surface area contributed by atoms with Crippen molar-refractivity contribution >= 4 is 17.5 Å². The molecular weight excluding hydrogens is 336 g/mol. The van der Waals surface area contributed by atoms with Crippen LogP contribution in [0.2, 0.25) is 0 Å². The van der Waals surface area contributed by atoms with Crippen LogP contribution in [0.5, 0.6) is 11.5 Å². The number of fused-ring (bicyclic) bond motifs is 1. The third-order valence-corrected chi connectivity index (χ3v) is 3.97. The summed E-state index contributed by atoms with van der Waals surface area (Å²) in [5.41, 5.74) is 5.03. The molecule has 1 aliphatic rings. The number of ether oxygens (including phenoxy) is 2. The lowest BCUT2D eigenvalue weighted by molar-refractivity contribution is -0.133. The third kappa shape index (κ3) is 3.35. The molecule has 0 fully saturated rings. The Morgan fingerprint density at radius 1 is 1.35 bits per heavy atom. The van der Waals surface area contributed by atoms with Crippen LogP contribution in [0, 0.1) is 0 Å². The van der Waals surface area contributed by atoms with E-state index in [0.717, 1.165) is 6.42 Å². The molecule has 1 amide bonds. The number of pyridine rings is 2. The number of nitrogens with zero attached hydrogens (tertiary/aromatic N) is 2. The lowest BCUT2D eigenvalue weighted by atomic mass is 10.1. The van der Waals surface area contributed by atoms with Crippen molar-refractivity contribution in [2.45, 2.75) is 39.3 Å². The highest BCUT2D eigenvalue weighted by atomic mass is 16.5. The first-order valence-corrected chi connectivity index (χ1v) is 8.43. The van der Waals surface area contributed by atoms with E-state index >= 15 is 0 Å². The van der Waals surface area contributed by atoms with E-state index in [-0.39, 0.29) is 29.4 Å². The van der Waals surface area contributed by atoms with Crippen LogP contribution in [-0.2, 0) is 11.3 Å². The lowest BCUT2D eigenvalue weighted by Gasteiger charge is -2.37. The monoisotopic (exact) mass is 358 g/mol. The maximum Gasteiger partial charge on any atom is 0.272 e. The maximum atomic E-state index is 12.8. The van der Waals surface area contributed by atoms with Crippen LogP contribution in [0.15, 0.2) is 29.2 Å². The minimum absolute atomic E-state index is 0.137. The first-order chi connectivity index (χ1) is 12.3. The highest BCUT2D eigenvalue weighted by Crippen LogP contribution is 2.37. The van der Waals surface area contributed by atoms with E-state index in [1.165, 1.54) is 17.2 Å². The van der Waals surface area contributed by atoms with Gasteiger partial charge in [-0.1, -0.05) is 6.92 Å². The van der Waals surface area contributed by atoms with Gasteiger partial charge in [0.25, 0.3) is 5.91 Å². The second-order valence-electron chi connectivity index (χ2n) is 6.60. The zero-order valence-corrected chi connectivity index (χ0v) is 15.0. The van der Waals surface area contributed by atoms with Gasteiger partial charge in [-0.15, -0.1) is 0 Å². The molecule has 3 rings (SSSR count). The van der Waals surface area contributed by atoms with Gasteiger partial charge in [0.1, 0.15) is 5.82 Å². The number of rotatable bonds is 5. The highest BCUT2D eigenvalue weighted by molar-refractivity contribution is 6.01. The first kappa shape index (κ1) is 17.8. The van der Waals surface area contributed by atoms with Gasteiger partial charge in [0.05, 0.1) is 13.2 Å². The number of hydrogen-bond acceptors (Lipinski definition) is 6. The van der Waals surface area contributed by atoms with Crippen molar-refractivity contribution in [1.29, 1.82) is 0 Å². The number of anilines is 2. The third-order valence-electron chi connectivity index (χ3n) is 3.97. The molecule has 2 aromatic rings. The average Bonchev–Trinajstić information content (AvgIpc) is 2.59. The quantitative estimate of drug-likeness (QED) is 0.844. The Bertz CT molecular complexity index is 891. The van der Waals surface area contributed by atoms with Crippen LogP contribution in [0.1, 0.15) is 32.9 Å². The number of amides is 1. The predicted octanol–water partition coefficient (Wildman–Crippen LogP) is 1.85. The second kappa shape index (κ2) is 6.70. The zero-order chi connectivity index (χ0) is 18.9. The smallest absolute Gasteiger partial charge is 0.272 e. The maximum absolute atomic E-state index is 12.8. The Kier molecular flexibility index (Phi) is 4.58. The van der Waals surface area contributed by atoms with Gasteiger partial charge in [0.15, 0.2) is 22.9 Å². The van der Waals surface area contributed by atoms with Crippen molar-refractivity contribution in [3.8, 4) is 11.5 Å². The topological polar surface area (TPSA) is 111 Å². The molecule has 8 nitrogen and oxygen atoms in total. The van der Waals surface area contributed by atoms with Crippen molar-refractivity contribution in [2.75, 3.05) is 17.2 Å². The molecule has 0 unspecified atom stereocenters. The molecule has 0 atom stereocenters. The number of carbonyl (C=O) groups is 1. The summed E-state index contributed by atoms with van der Waals surface area (Å²) in [5, 5.41) is 0. The highest BCUT2D eigenvalue weighted by Gasteiger charge is 2.42. The Balaban J connectivity index is 1.93. The Morgan fingerprint density at radius 3 is 2.81 bits per heavy atom. The van der Waals surface area contributed by atoms with E-state index in [9.17, 15) is 9.59 Å². The molecule has 3 N–H and O–H groups in total. The Labute approximate surface area is 150 Å². The molecule has 0 radical (unpaired) electrons. The largest absolute Gasteiger partial charge is 0.488 e. The van der Waals surface area contributed by atoms with Crippen LogP contribution in [-0.4, -0.2) is 28.1 Å². The van der Waals surface area contributed by atoms with Gasteiger partial charge < -0.3 is 20.2 Å². The number of aromatic amines is 1. The number of H-pyrrole nitrogens is 1. The Morgan fingerprint density at radius 2 is 2.12 bits per heavy atom. The molecule has 0 saturated heterocycles. The lowest BCUT2D eigenvalue weighted by Crippen LogP contribution is -2.52. The Hall–Kier alpha value is -3.03. The number of nitrogens with two attached hydrogens (primary N) is 1. The van der Waals surface area contributed by atoms with Crippen molar-refractivity contribution in [3.05, 3.63) is 40.3 Å².